The molecule has 47 heavy (non-hydrogen) atoms. The number of aromatic nitrogens is 3. The Kier molecular flexibility index (Phi) is 8.97. The van der Waals surface area contributed by atoms with Gasteiger partial charge in [0.15, 0.2) is 0 Å². The Morgan fingerprint density at radius 1 is 1.04 bits per heavy atom. The van der Waals surface area contributed by atoms with Gasteiger partial charge >= 0.3 is 24.1 Å². The molecule has 0 bridgehead atoms. The molecule has 2 saturated heterocycles. The van der Waals surface area contributed by atoms with Gasteiger partial charge in [0.05, 0.1) is 29.3 Å². The molecule has 2 aliphatic heterocycles. The van der Waals surface area contributed by atoms with Crippen molar-refractivity contribution < 1.29 is 47.0 Å². The van der Waals surface area contributed by atoms with Crippen LogP contribution in [0.1, 0.15) is 65.1 Å². The van der Waals surface area contributed by atoms with Gasteiger partial charge < -0.3 is 15.1 Å². The lowest BCUT2D eigenvalue weighted by Crippen LogP contribution is -2.58. The SMILES string of the molecule is Cc1cc(N2CCC(=O)NC2=O)cnc1N1CC2(CCC(c3cc(F)cc(-n4cc(C(=O)O)cn4)c3C)CC2)C1.O=C(O)C(F)(F)F. The van der Waals surface area contributed by atoms with Gasteiger partial charge in [0.25, 0.3) is 0 Å². The van der Waals surface area contributed by atoms with Gasteiger partial charge in [-0.15, -0.1) is 0 Å². The first-order valence-corrected chi connectivity index (χ1v) is 14.8. The highest BCUT2D eigenvalue weighted by molar-refractivity contribution is 6.05. The standard InChI is InChI=1S/C29H31FN6O4.C2HF3O2/c1-17-9-22(35-8-5-25(37)33-28(35)40)13-31-26(17)34-15-29(16-34)6-3-19(4-7-29)23-10-21(30)11-24(18(23)2)36-14-20(12-32-36)27(38)39;3-2(4,5)1(6)7/h9-14,19H,3-8,15-16H2,1-2H3,(H,38,39)(H,33,37,40);(H,6,7). The molecule has 0 radical (unpaired) electrons. The number of carboxylic acids is 2. The maximum atomic E-state index is 14.7. The van der Waals surface area contributed by atoms with Gasteiger partial charge in [-0.3, -0.25) is 15.0 Å². The third kappa shape index (κ3) is 7.05. The summed E-state index contributed by atoms with van der Waals surface area (Å²) in [6, 6.07) is 4.55. The highest BCUT2D eigenvalue weighted by Gasteiger charge is 2.46. The van der Waals surface area contributed by atoms with Gasteiger partial charge in [0.1, 0.15) is 11.6 Å². The molecule has 0 atom stereocenters. The maximum Gasteiger partial charge on any atom is 0.490 e. The minimum atomic E-state index is -5.08. The van der Waals surface area contributed by atoms with Gasteiger partial charge in [-0.1, -0.05) is 0 Å². The van der Waals surface area contributed by atoms with Crippen LogP contribution in [0.25, 0.3) is 5.69 Å². The predicted molar refractivity (Wildman–Crippen MR) is 159 cm³/mol. The Hall–Kier alpha value is -5.02. The molecule has 16 heteroatoms. The Morgan fingerprint density at radius 2 is 1.70 bits per heavy atom. The number of anilines is 2. The molecule has 3 amide bonds. The summed E-state index contributed by atoms with van der Waals surface area (Å²) in [4.78, 5) is 52.3. The lowest BCUT2D eigenvalue weighted by Gasteiger charge is -2.54. The van der Waals surface area contributed by atoms with Gasteiger partial charge in [0.2, 0.25) is 5.91 Å². The first-order valence-electron chi connectivity index (χ1n) is 14.8. The van der Waals surface area contributed by atoms with E-state index in [1.165, 1.54) is 23.1 Å². The van der Waals surface area contributed by atoms with E-state index >= 15 is 0 Å². The number of carboxylic acid groups (broad SMARTS) is 2. The smallest absolute Gasteiger partial charge is 0.478 e. The van der Waals surface area contributed by atoms with Gasteiger partial charge in [-0.2, -0.15) is 18.3 Å². The van der Waals surface area contributed by atoms with E-state index in [1.54, 1.807) is 17.2 Å². The number of rotatable bonds is 5. The average Bonchev–Trinajstić information content (AvgIpc) is 3.48. The molecule has 3 aromatic rings. The summed E-state index contributed by atoms with van der Waals surface area (Å²) in [6.07, 6.45) is 3.53. The van der Waals surface area contributed by atoms with Crippen molar-refractivity contribution in [3.63, 3.8) is 0 Å². The van der Waals surface area contributed by atoms with Crippen molar-refractivity contribution >= 4 is 35.4 Å². The summed E-state index contributed by atoms with van der Waals surface area (Å²) in [5.74, 6) is -3.30. The highest BCUT2D eigenvalue weighted by atomic mass is 19.4. The summed E-state index contributed by atoms with van der Waals surface area (Å²) in [6.45, 7) is 6.10. The number of imide groups is 1. The number of aromatic carboxylic acids is 1. The van der Waals surface area contributed by atoms with Crippen LogP contribution in [-0.4, -0.2) is 74.7 Å². The van der Waals surface area contributed by atoms with Crippen LogP contribution in [0.2, 0.25) is 0 Å². The van der Waals surface area contributed by atoms with Crippen molar-refractivity contribution in [1.82, 2.24) is 20.1 Å². The molecule has 6 rings (SSSR count). The zero-order chi connectivity index (χ0) is 34.3. The number of carbonyl (C=O) groups is 4. The highest BCUT2D eigenvalue weighted by Crippen LogP contribution is 2.50. The summed E-state index contributed by atoms with van der Waals surface area (Å²) >= 11 is 0. The van der Waals surface area contributed by atoms with Crippen LogP contribution in [0, 0.1) is 25.1 Å². The molecule has 3 aliphatic rings. The zero-order valence-corrected chi connectivity index (χ0v) is 25.5. The summed E-state index contributed by atoms with van der Waals surface area (Å²) < 4.78 is 47.9. The lowest BCUT2D eigenvalue weighted by molar-refractivity contribution is -0.192. The molecule has 0 unspecified atom stereocenters. The Bertz CT molecular complexity index is 1730. The third-order valence-corrected chi connectivity index (χ3v) is 8.94. The molecule has 3 fully saturated rings. The lowest BCUT2D eigenvalue weighted by atomic mass is 9.64. The maximum absolute atomic E-state index is 14.7. The molecule has 1 aromatic carbocycles. The van der Waals surface area contributed by atoms with E-state index in [4.69, 9.17) is 9.90 Å². The molecule has 1 saturated carbocycles. The van der Waals surface area contributed by atoms with Crippen molar-refractivity contribution in [1.29, 1.82) is 0 Å². The summed E-state index contributed by atoms with van der Waals surface area (Å²) in [5.41, 5.74) is 4.39. The molecule has 250 valence electrons. The number of nitrogens with zero attached hydrogens (tertiary/aromatic N) is 5. The minimum absolute atomic E-state index is 0.0622. The number of benzene rings is 1. The van der Waals surface area contributed by atoms with Crippen LogP contribution < -0.4 is 15.1 Å². The van der Waals surface area contributed by atoms with E-state index in [2.05, 4.69) is 20.3 Å². The predicted octanol–water partition coefficient (Wildman–Crippen LogP) is 4.97. The van der Waals surface area contributed by atoms with Crippen LogP contribution in [-0.2, 0) is 9.59 Å². The number of hydrogen-bond acceptors (Lipinski definition) is 7. The number of halogens is 4. The quantitative estimate of drug-likeness (QED) is 0.322. The first kappa shape index (κ1) is 33.3. The molecule has 3 N–H and O–H groups in total. The van der Waals surface area contributed by atoms with Crippen molar-refractivity contribution in [2.24, 2.45) is 5.41 Å². The topological polar surface area (TPSA) is 158 Å². The number of aliphatic carboxylic acids is 1. The van der Waals surface area contributed by atoms with Gasteiger partial charge in [-0.05, 0) is 80.3 Å². The van der Waals surface area contributed by atoms with E-state index in [1.807, 2.05) is 19.9 Å². The monoisotopic (exact) mass is 660 g/mol. The van der Waals surface area contributed by atoms with E-state index < -0.39 is 24.1 Å². The Morgan fingerprint density at radius 3 is 2.26 bits per heavy atom. The number of alkyl halides is 3. The summed E-state index contributed by atoms with van der Waals surface area (Å²) in [7, 11) is 0. The van der Waals surface area contributed by atoms with Crippen LogP contribution in [0.5, 0.6) is 0 Å². The zero-order valence-electron chi connectivity index (χ0n) is 25.5. The number of amides is 3. The molecule has 12 nitrogen and oxygen atoms in total. The van der Waals surface area contributed by atoms with Crippen molar-refractivity contribution in [2.75, 3.05) is 29.4 Å². The second-order valence-electron chi connectivity index (χ2n) is 12.1. The molecular formula is C31H32F4N6O6. The fourth-order valence-electron chi connectivity index (χ4n) is 6.52. The Balaban J connectivity index is 0.000000559. The molecule has 2 aromatic heterocycles. The van der Waals surface area contributed by atoms with E-state index in [0.717, 1.165) is 61.3 Å². The summed E-state index contributed by atoms with van der Waals surface area (Å²) in [5, 5.41) is 22.9. The largest absolute Gasteiger partial charge is 0.490 e. The number of aryl methyl sites for hydroxylation is 1. The number of urea groups is 1. The van der Waals surface area contributed by atoms with E-state index in [0.29, 0.717) is 17.9 Å². The third-order valence-electron chi connectivity index (χ3n) is 8.94. The van der Waals surface area contributed by atoms with E-state index in [9.17, 15) is 37.1 Å². The second kappa shape index (κ2) is 12.6. The molecule has 1 aliphatic carbocycles. The first-order chi connectivity index (χ1) is 22.1. The number of carbonyl (C=O) groups excluding carboxylic acids is 2. The number of nitrogens with one attached hydrogen (secondary N) is 1. The minimum Gasteiger partial charge on any atom is -0.478 e. The van der Waals surface area contributed by atoms with Crippen LogP contribution in [0.3, 0.4) is 0 Å². The molecule has 4 heterocycles. The van der Waals surface area contributed by atoms with Crippen LogP contribution in [0.4, 0.5) is 33.9 Å². The van der Waals surface area contributed by atoms with Crippen molar-refractivity contribution in [3.8, 4) is 5.69 Å². The van der Waals surface area contributed by atoms with Gasteiger partial charge in [0, 0.05) is 37.7 Å². The van der Waals surface area contributed by atoms with Gasteiger partial charge in [-0.25, -0.2) is 28.4 Å². The fourth-order valence-corrected chi connectivity index (χ4v) is 6.52. The molecule has 1 spiro atoms. The van der Waals surface area contributed by atoms with Crippen molar-refractivity contribution in [3.05, 3.63) is 64.9 Å². The van der Waals surface area contributed by atoms with Crippen LogP contribution in [0.15, 0.2) is 36.8 Å². The van der Waals surface area contributed by atoms with Crippen molar-refractivity contribution in [2.45, 2.75) is 58.0 Å². The average molecular weight is 661 g/mol. The normalized spacial score (nSPS) is 17.9. The molecular weight excluding hydrogens is 628 g/mol. The van der Waals surface area contributed by atoms with E-state index in [-0.39, 0.29) is 35.0 Å². The fraction of sp³-hybridized carbons (Fsp3) is 0.419. The number of hydrogen-bond donors (Lipinski definition) is 3. The van der Waals surface area contributed by atoms with Crippen LogP contribution >= 0.6 is 0 Å². The second-order valence-corrected chi connectivity index (χ2v) is 12.1. The Labute approximate surface area is 266 Å². The number of pyridine rings is 1.